The second kappa shape index (κ2) is 7.79. The van der Waals surface area contributed by atoms with Crippen LogP contribution >= 0.6 is 0 Å². The van der Waals surface area contributed by atoms with E-state index >= 15 is 0 Å². The summed E-state index contributed by atoms with van der Waals surface area (Å²) in [5.41, 5.74) is 1.17. The van der Waals surface area contributed by atoms with Gasteiger partial charge >= 0.3 is 11.9 Å². The summed E-state index contributed by atoms with van der Waals surface area (Å²) in [5, 5.41) is 9.27. The van der Waals surface area contributed by atoms with Gasteiger partial charge in [0.2, 0.25) is 0 Å². The van der Waals surface area contributed by atoms with Gasteiger partial charge in [-0.1, -0.05) is 30.3 Å². The lowest BCUT2D eigenvalue weighted by Crippen LogP contribution is -2.10. The van der Waals surface area contributed by atoms with E-state index in [0.29, 0.717) is 16.9 Å². The molecule has 5 heteroatoms. The van der Waals surface area contributed by atoms with Gasteiger partial charge in [-0.2, -0.15) is 0 Å². The Balaban J connectivity index is 2.12. The van der Waals surface area contributed by atoms with E-state index in [2.05, 4.69) is 4.74 Å². The Bertz CT molecular complexity index is 702. The monoisotopic (exact) mass is 312 g/mol. The summed E-state index contributed by atoms with van der Waals surface area (Å²) in [7, 11) is 1.31. The Morgan fingerprint density at radius 1 is 1.04 bits per heavy atom. The third-order valence-electron chi connectivity index (χ3n) is 3.08. The summed E-state index contributed by atoms with van der Waals surface area (Å²) in [6.07, 6.45) is 1.51. The zero-order chi connectivity index (χ0) is 16.7. The van der Waals surface area contributed by atoms with E-state index < -0.39 is 11.9 Å². The predicted molar refractivity (Wildman–Crippen MR) is 85.3 cm³/mol. The van der Waals surface area contributed by atoms with Crippen LogP contribution in [0.5, 0.6) is 5.75 Å². The highest BCUT2D eigenvalue weighted by atomic mass is 16.5. The lowest BCUT2D eigenvalue weighted by molar-refractivity contribution is -0.132. The molecule has 0 bridgehead atoms. The SMILES string of the molecule is COC(=O)c1ccc(C=C(COc2ccccc2)C(=O)O)cc1. The number of ether oxygens (including phenoxy) is 2. The molecule has 2 aromatic carbocycles. The largest absolute Gasteiger partial charge is 0.489 e. The number of benzene rings is 2. The van der Waals surface area contributed by atoms with E-state index in [0.717, 1.165) is 0 Å². The highest BCUT2D eigenvalue weighted by molar-refractivity contribution is 5.93. The molecule has 118 valence electrons. The maximum atomic E-state index is 11.4. The molecule has 1 N–H and O–H groups in total. The van der Waals surface area contributed by atoms with Gasteiger partial charge in [-0.05, 0) is 35.9 Å². The molecule has 0 unspecified atom stereocenters. The smallest absolute Gasteiger partial charge is 0.337 e. The fraction of sp³-hybridized carbons (Fsp3) is 0.111. The first-order chi connectivity index (χ1) is 11.1. The number of esters is 1. The molecule has 0 amide bonds. The van der Waals surface area contributed by atoms with Crippen molar-refractivity contribution in [2.75, 3.05) is 13.7 Å². The molecule has 0 fully saturated rings. The van der Waals surface area contributed by atoms with Crippen molar-refractivity contribution in [2.24, 2.45) is 0 Å². The van der Waals surface area contributed by atoms with Gasteiger partial charge in [0.1, 0.15) is 12.4 Å². The Morgan fingerprint density at radius 3 is 2.26 bits per heavy atom. The number of carbonyl (C=O) groups is 2. The first-order valence-electron chi connectivity index (χ1n) is 6.90. The van der Waals surface area contributed by atoms with Gasteiger partial charge in [0.05, 0.1) is 18.2 Å². The number of para-hydroxylation sites is 1. The molecule has 0 aliphatic heterocycles. The molecule has 0 heterocycles. The molecule has 2 aromatic rings. The average Bonchev–Trinajstić information content (AvgIpc) is 2.59. The summed E-state index contributed by atoms with van der Waals surface area (Å²) < 4.78 is 10.1. The van der Waals surface area contributed by atoms with Gasteiger partial charge in [-0.15, -0.1) is 0 Å². The first-order valence-corrected chi connectivity index (χ1v) is 6.90. The molecule has 0 aliphatic rings. The maximum absolute atomic E-state index is 11.4. The topological polar surface area (TPSA) is 72.8 Å². The number of hydrogen-bond donors (Lipinski definition) is 1. The summed E-state index contributed by atoms with van der Waals surface area (Å²) in [4.78, 5) is 22.7. The van der Waals surface area contributed by atoms with Gasteiger partial charge < -0.3 is 14.6 Å². The third kappa shape index (κ3) is 4.71. The van der Waals surface area contributed by atoms with Crippen molar-refractivity contribution in [3.8, 4) is 5.75 Å². The summed E-state index contributed by atoms with van der Waals surface area (Å²) in [6, 6.07) is 15.4. The van der Waals surface area contributed by atoms with Gasteiger partial charge in [0.15, 0.2) is 0 Å². The summed E-state index contributed by atoms with van der Waals surface area (Å²) >= 11 is 0. The Morgan fingerprint density at radius 2 is 1.70 bits per heavy atom. The highest BCUT2D eigenvalue weighted by Crippen LogP contribution is 2.13. The number of hydrogen-bond acceptors (Lipinski definition) is 4. The van der Waals surface area contributed by atoms with Crippen LogP contribution in [0.3, 0.4) is 0 Å². The minimum absolute atomic E-state index is 0.0574. The maximum Gasteiger partial charge on any atom is 0.337 e. The molecule has 0 saturated heterocycles. The highest BCUT2D eigenvalue weighted by Gasteiger charge is 2.09. The molecule has 0 aromatic heterocycles. The number of carbonyl (C=O) groups excluding carboxylic acids is 1. The van der Waals surface area contributed by atoms with Crippen LogP contribution < -0.4 is 4.74 Å². The zero-order valence-corrected chi connectivity index (χ0v) is 12.6. The van der Waals surface area contributed by atoms with Crippen molar-refractivity contribution < 1.29 is 24.2 Å². The van der Waals surface area contributed by atoms with Gasteiger partial charge in [0.25, 0.3) is 0 Å². The minimum atomic E-state index is -1.06. The molecular weight excluding hydrogens is 296 g/mol. The molecule has 2 rings (SSSR count). The fourth-order valence-electron chi connectivity index (χ4n) is 1.88. The molecule has 0 aliphatic carbocycles. The molecule has 0 saturated carbocycles. The lowest BCUT2D eigenvalue weighted by Gasteiger charge is -2.07. The van der Waals surface area contributed by atoms with E-state index in [9.17, 15) is 14.7 Å². The van der Waals surface area contributed by atoms with E-state index in [-0.39, 0.29) is 12.2 Å². The minimum Gasteiger partial charge on any atom is -0.489 e. The zero-order valence-electron chi connectivity index (χ0n) is 12.6. The van der Waals surface area contributed by atoms with Crippen molar-refractivity contribution in [3.05, 3.63) is 71.3 Å². The molecule has 0 atom stereocenters. The van der Waals surface area contributed by atoms with Crippen LogP contribution in [0.2, 0.25) is 0 Å². The average molecular weight is 312 g/mol. The van der Waals surface area contributed by atoms with Crippen LogP contribution in [0.4, 0.5) is 0 Å². The van der Waals surface area contributed by atoms with Crippen LogP contribution in [0.15, 0.2) is 60.2 Å². The van der Waals surface area contributed by atoms with E-state index in [1.54, 1.807) is 36.4 Å². The fourth-order valence-corrected chi connectivity index (χ4v) is 1.88. The van der Waals surface area contributed by atoms with Crippen LogP contribution in [0, 0.1) is 0 Å². The molecule has 23 heavy (non-hydrogen) atoms. The van der Waals surface area contributed by atoms with Crippen molar-refractivity contribution in [3.63, 3.8) is 0 Å². The number of aliphatic carboxylic acids is 1. The van der Waals surface area contributed by atoms with E-state index in [1.165, 1.54) is 13.2 Å². The third-order valence-corrected chi connectivity index (χ3v) is 3.08. The second-order valence-electron chi connectivity index (χ2n) is 4.69. The molecule has 0 radical (unpaired) electrons. The van der Waals surface area contributed by atoms with Gasteiger partial charge in [0, 0.05) is 0 Å². The lowest BCUT2D eigenvalue weighted by atomic mass is 10.1. The van der Waals surface area contributed by atoms with Gasteiger partial charge in [-0.25, -0.2) is 9.59 Å². The van der Waals surface area contributed by atoms with Crippen molar-refractivity contribution in [1.29, 1.82) is 0 Å². The molecular formula is C18H16O5. The van der Waals surface area contributed by atoms with Crippen LogP contribution in [0.25, 0.3) is 6.08 Å². The predicted octanol–water partition coefficient (Wildman–Crippen LogP) is 3.02. The standard InChI is InChI=1S/C18H16O5/c1-22-18(21)14-9-7-13(8-10-14)11-15(17(19)20)12-23-16-5-3-2-4-6-16/h2-11H,12H2,1H3,(H,19,20). The number of rotatable bonds is 6. The number of methoxy groups -OCH3 is 1. The van der Waals surface area contributed by atoms with E-state index in [1.807, 2.05) is 18.2 Å². The van der Waals surface area contributed by atoms with Crippen LogP contribution in [0.1, 0.15) is 15.9 Å². The molecule has 0 spiro atoms. The summed E-state index contributed by atoms with van der Waals surface area (Å²) in [5.74, 6) is -0.898. The summed E-state index contributed by atoms with van der Waals surface area (Å²) in [6.45, 7) is -0.0574. The second-order valence-corrected chi connectivity index (χ2v) is 4.69. The Labute approximate surface area is 133 Å². The van der Waals surface area contributed by atoms with E-state index in [4.69, 9.17) is 4.74 Å². The quantitative estimate of drug-likeness (QED) is 0.655. The van der Waals surface area contributed by atoms with Gasteiger partial charge in [-0.3, -0.25) is 0 Å². The number of carboxylic acids is 1. The Hall–Kier alpha value is -3.08. The first kappa shape index (κ1) is 16.3. The van der Waals surface area contributed by atoms with Crippen LogP contribution in [-0.4, -0.2) is 30.8 Å². The van der Waals surface area contributed by atoms with Crippen LogP contribution in [-0.2, 0) is 9.53 Å². The molecule has 5 nitrogen and oxygen atoms in total. The Kier molecular flexibility index (Phi) is 5.52. The van der Waals surface area contributed by atoms with Crippen molar-refractivity contribution in [2.45, 2.75) is 0 Å². The normalized spacial score (nSPS) is 10.9. The number of carboxylic acid groups (broad SMARTS) is 1. The van der Waals surface area contributed by atoms with Crippen molar-refractivity contribution in [1.82, 2.24) is 0 Å². The van der Waals surface area contributed by atoms with Crippen molar-refractivity contribution >= 4 is 18.0 Å².